The van der Waals surface area contributed by atoms with Crippen LogP contribution >= 0.6 is 0 Å². The number of aromatic amines is 1. The number of nitrogens with one attached hydrogen (secondary N) is 2. The van der Waals surface area contributed by atoms with Crippen LogP contribution in [0.25, 0.3) is 22.0 Å². The Balaban J connectivity index is 1.41. The van der Waals surface area contributed by atoms with Gasteiger partial charge in [-0.3, -0.25) is 14.6 Å². The number of piperazine rings is 1. The van der Waals surface area contributed by atoms with Crippen LogP contribution < -0.4 is 20.5 Å². The van der Waals surface area contributed by atoms with Crippen molar-refractivity contribution in [3.05, 3.63) is 81.0 Å². The molecule has 41 heavy (non-hydrogen) atoms. The quantitative estimate of drug-likeness (QED) is 0.350. The molecular formula is C32H38N6O3. The number of hydrogen-bond acceptors (Lipinski definition) is 7. The molecule has 1 saturated heterocycles. The van der Waals surface area contributed by atoms with Gasteiger partial charge in [0.2, 0.25) is 0 Å². The van der Waals surface area contributed by atoms with Gasteiger partial charge in [-0.2, -0.15) is 0 Å². The summed E-state index contributed by atoms with van der Waals surface area (Å²) < 4.78 is 5.85. The summed E-state index contributed by atoms with van der Waals surface area (Å²) in [6.07, 6.45) is 1.82. The maximum absolute atomic E-state index is 13.3. The zero-order valence-corrected chi connectivity index (χ0v) is 24.7. The fourth-order valence-corrected chi connectivity index (χ4v) is 5.29. The van der Waals surface area contributed by atoms with E-state index in [0.29, 0.717) is 22.6 Å². The number of H-pyrrole nitrogens is 1. The molecule has 9 heteroatoms. The smallest absolute Gasteiger partial charge is 0.256 e. The van der Waals surface area contributed by atoms with E-state index >= 15 is 0 Å². The summed E-state index contributed by atoms with van der Waals surface area (Å²) in [4.78, 5) is 43.0. The molecule has 0 aliphatic carbocycles. The Morgan fingerprint density at radius 1 is 1.07 bits per heavy atom. The lowest BCUT2D eigenvalue weighted by Gasteiger charge is -2.33. The first-order valence-corrected chi connectivity index (χ1v) is 14.1. The Kier molecular flexibility index (Phi) is 8.08. The van der Waals surface area contributed by atoms with Gasteiger partial charge in [0.1, 0.15) is 11.6 Å². The first kappa shape index (κ1) is 28.3. The molecule has 0 radical (unpaired) electrons. The minimum atomic E-state index is -0.275. The number of carbonyl (C=O) groups excluding carboxylic acids is 1. The minimum Gasteiger partial charge on any atom is -0.490 e. The number of ether oxygens (including phenoxy) is 1. The van der Waals surface area contributed by atoms with Gasteiger partial charge in [0.15, 0.2) is 0 Å². The van der Waals surface area contributed by atoms with E-state index in [1.807, 2.05) is 46.0 Å². The summed E-state index contributed by atoms with van der Waals surface area (Å²) >= 11 is 0. The molecule has 2 N–H and O–H groups in total. The lowest BCUT2D eigenvalue weighted by molar-refractivity contribution is 0.0950. The third-order valence-corrected chi connectivity index (χ3v) is 7.51. The van der Waals surface area contributed by atoms with Gasteiger partial charge >= 0.3 is 0 Å². The summed E-state index contributed by atoms with van der Waals surface area (Å²) in [6, 6.07) is 11.8. The number of pyridine rings is 3. The summed E-state index contributed by atoms with van der Waals surface area (Å²) in [7, 11) is 2.14. The van der Waals surface area contributed by atoms with Gasteiger partial charge in [-0.1, -0.05) is 6.07 Å². The second-order valence-electron chi connectivity index (χ2n) is 11.1. The van der Waals surface area contributed by atoms with Crippen molar-refractivity contribution in [2.75, 3.05) is 38.1 Å². The number of carbonyl (C=O) groups is 1. The Morgan fingerprint density at radius 3 is 2.51 bits per heavy atom. The lowest BCUT2D eigenvalue weighted by atomic mass is 9.96. The molecule has 9 nitrogen and oxygen atoms in total. The number of rotatable bonds is 7. The highest BCUT2D eigenvalue weighted by Gasteiger charge is 2.19. The number of aromatic nitrogens is 3. The highest BCUT2D eigenvalue weighted by molar-refractivity contribution is 6.04. The van der Waals surface area contributed by atoms with E-state index in [0.717, 1.165) is 65.3 Å². The Bertz CT molecular complexity index is 1640. The summed E-state index contributed by atoms with van der Waals surface area (Å²) in [6.45, 7) is 13.5. The Morgan fingerprint density at radius 2 is 1.83 bits per heavy atom. The van der Waals surface area contributed by atoms with Gasteiger partial charge in [-0.15, -0.1) is 0 Å². The van der Waals surface area contributed by atoms with E-state index in [-0.39, 0.29) is 24.1 Å². The molecule has 1 aromatic carbocycles. The van der Waals surface area contributed by atoms with Gasteiger partial charge in [-0.05, 0) is 83.1 Å². The third kappa shape index (κ3) is 6.10. The largest absolute Gasteiger partial charge is 0.490 e. The standard InChI is InChI=1S/C32H38N6O3/c1-19(2)41-28-16-21(4)36-32(40)27(28)18-34-31(39)24-8-9-25-26(15-20(3)35-30(25)22(24)5)23-7-10-29(33-17-23)38-13-11-37(6)12-14-38/h7-10,15-17,19H,11-14,18H2,1-6H3,(H,34,39)(H,36,40). The number of benzene rings is 1. The van der Waals surface area contributed by atoms with E-state index in [1.54, 1.807) is 13.0 Å². The molecule has 4 aromatic rings. The number of hydrogen-bond donors (Lipinski definition) is 2. The average Bonchev–Trinajstić information content (AvgIpc) is 2.93. The first-order valence-electron chi connectivity index (χ1n) is 14.1. The van der Waals surface area contributed by atoms with Crippen molar-refractivity contribution >= 4 is 22.6 Å². The van der Waals surface area contributed by atoms with Crippen LogP contribution in [0.1, 0.15) is 46.7 Å². The average molecular weight is 555 g/mol. The van der Waals surface area contributed by atoms with Crippen LogP contribution in [0.2, 0.25) is 0 Å². The number of likely N-dealkylation sites (N-methyl/N-ethyl adjacent to an activating group) is 1. The van der Waals surface area contributed by atoms with Crippen molar-refractivity contribution in [1.29, 1.82) is 0 Å². The van der Waals surface area contributed by atoms with Crippen LogP contribution in [0.3, 0.4) is 0 Å². The van der Waals surface area contributed by atoms with Crippen molar-refractivity contribution in [3.63, 3.8) is 0 Å². The fraction of sp³-hybridized carbons (Fsp3) is 0.375. The maximum atomic E-state index is 13.3. The van der Waals surface area contributed by atoms with Gasteiger partial charge in [0, 0.05) is 60.3 Å². The Labute approximate surface area is 240 Å². The van der Waals surface area contributed by atoms with Gasteiger partial charge in [-0.25, -0.2) is 4.98 Å². The van der Waals surface area contributed by atoms with E-state index in [2.05, 4.69) is 45.3 Å². The number of fused-ring (bicyclic) bond motifs is 1. The van der Waals surface area contributed by atoms with Crippen molar-refractivity contribution < 1.29 is 9.53 Å². The number of nitrogens with zero attached hydrogens (tertiary/aromatic N) is 4. The molecule has 214 valence electrons. The third-order valence-electron chi connectivity index (χ3n) is 7.51. The maximum Gasteiger partial charge on any atom is 0.256 e. The molecule has 3 aromatic heterocycles. The molecule has 1 amide bonds. The molecule has 5 rings (SSSR count). The van der Waals surface area contributed by atoms with Crippen LogP contribution in [0.4, 0.5) is 5.82 Å². The molecule has 0 unspecified atom stereocenters. The molecule has 0 bridgehead atoms. The van der Waals surface area contributed by atoms with Crippen LogP contribution in [0, 0.1) is 20.8 Å². The highest BCUT2D eigenvalue weighted by Crippen LogP contribution is 2.32. The molecule has 1 fully saturated rings. The van der Waals surface area contributed by atoms with Gasteiger partial charge in [0.25, 0.3) is 11.5 Å². The minimum absolute atomic E-state index is 0.0474. The molecule has 0 atom stereocenters. The molecule has 1 aliphatic rings. The van der Waals surface area contributed by atoms with Crippen molar-refractivity contribution in [2.24, 2.45) is 0 Å². The summed E-state index contributed by atoms with van der Waals surface area (Å²) in [5.41, 5.74) is 5.78. The molecule has 0 spiro atoms. The SMILES string of the molecule is Cc1cc(-c2ccc(N3CCN(C)CC3)nc2)c2ccc(C(=O)NCc3c(OC(C)C)cc(C)[nH]c3=O)c(C)c2n1. The van der Waals surface area contributed by atoms with Gasteiger partial charge in [0.05, 0.1) is 23.7 Å². The fourth-order valence-electron chi connectivity index (χ4n) is 5.29. The van der Waals surface area contributed by atoms with Crippen LogP contribution in [-0.2, 0) is 6.54 Å². The molecule has 0 saturated carbocycles. The summed E-state index contributed by atoms with van der Waals surface area (Å²) in [5, 5.41) is 3.87. The van der Waals surface area contributed by atoms with Crippen molar-refractivity contribution in [2.45, 2.75) is 47.3 Å². The predicted octanol–water partition coefficient (Wildman–Crippen LogP) is 4.38. The Hall–Kier alpha value is -4.24. The van der Waals surface area contributed by atoms with Crippen LogP contribution in [-0.4, -0.2) is 65.1 Å². The second-order valence-corrected chi connectivity index (χ2v) is 11.1. The number of aryl methyl sites for hydroxylation is 3. The normalized spacial score (nSPS) is 14.1. The number of amides is 1. The lowest BCUT2D eigenvalue weighted by Crippen LogP contribution is -2.44. The highest BCUT2D eigenvalue weighted by atomic mass is 16.5. The van der Waals surface area contributed by atoms with Gasteiger partial charge < -0.3 is 24.8 Å². The monoisotopic (exact) mass is 554 g/mol. The summed E-state index contributed by atoms with van der Waals surface area (Å²) in [5.74, 6) is 1.19. The molecule has 1 aliphatic heterocycles. The zero-order chi connectivity index (χ0) is 29.3. The van der Waals surface area contributed by atoms with Crippen LogP contribution in [0.5, 0.6) is 5.75 Å². The number of anilines is 1. The zero-order valence-electron chi connectivity index (χ0n) is 24.7. The first-order chi connectivity index (χ1) is 19.6. The predicted molar refractivity (Wildman–Crippen MR) is 163 cm³/mol. The van der Waals surface area contributed by atoms with Crippen molar-refractivity contribution in [3.8, 4) is 16.9 Å². The van der Waals surface area contributed by atoms with Crippen LogP contribution in [0.15, 0.2) is 47.4 Å². The van der Waals surface area contributed by atoms with Crippen molar-refractivity contribution in [1.82, 2.24) is 25.2 Å². The van der Waals surface area contributed by atoms with E-state index in [1.165, 1.54) is 0 Å². The van der Waals surface area contributed by atoms with E-state index in [4.69, 9.17) is 14.7 Å². The topological polar surface area (TPSA) is 103 Å². The molecular weight excluding hydrogens is 516 g/mol. The second kappa shape index (κ2) is 11.7. The van der Waals surface area contributed by atoms with E-state index < -0.39 is 0 Å². The molecule has 4 heterocycles. The van der Waals surface area contributed by atoms with E-state index in [9.17, 15) is 9.59 Å².